The Morgan fingerprint density at radius 2 is 1.81 bits per heavy atom. The molecule has 0 aliphatic carbocycles. The van der Waals surface area contributed by atoms with Crippen LogP contribution in [0.5, 0.6) is 5.75 Å². The number of anilines is 1. The van der Waals surface area contributed by atoms with Gasteiger partial charge in [-0.25, -0.2) is 4.99 Å². The smallest absolute Gasteiger partial charge is 0.246 e. The molecule has 2 atom stereocenters. The Bertz CT molecular complexity index is 880. The molecule has 2 aromatic carbocycles. The molecular formula is C21H22N4O2. The molecule has 0 fully saturated rings. The van der Waals surface area contributed by atoms with Crippen molar-refractivity contribution in [1.82, 2.24) is 5.32 Å². The highest BCUT2D eigenvalue weighted by Crippen LogP contribution is 2.30. The SMILES string of the molecule is COc1ccc(C2N=C(Nc3ccc(C(C)C)cc3)NC(=O)C2C#N)cc1. The van der Waals surface area contributed by atoms with Crippen molar-refractivity contribution < 1.29 is 9.53 Å². The summed E-state index contributed by atoms with van der Waals surface area (Å²) in [6.07, 6.45) is 0. The Hall–Kier alpha value is -3.33. The van der Waals surface area contributed by atoms with E-state index in [1.807, 2.05) is 36.4 Å². The van der Waals surface area contributed by atoms with E-state index in [9.17, 15) is 10.1 Å². The summed E-state index contributed by atoms with van der Waals surface area (Å²) in [5, 5.41) is 15.2. The molecule has 0 radical (unpaired) electrons. The standard InChI is InChI=1S/C21H22N4O2/c1-13(2)14-4-8-16(9-5-14)23-21-24-19(18(12-22)20(26)25-21)15-6-10-17(27-3)11-7-15/h4-11,13,18-19H,1-3H3,(H2,23,24,25,26). The maximum absolute atomic E-state index is 12.4. The van der Waals surface area contributed by atoms with E-state index in [1.54, 1.807) is 19.2 Å². The number of hydrogen-bond acceptors (Lipinski definition) is 5. The van der Waals surface area contributed by atoms with Gasteiger partial charge in [-0.2, -0.15) is 5.26 Å². The molecule has 3 rings (SSSR count). The lowest BCUT2D eigenvalue weighted by molar-refractivity contribution is -0.122. The number of methoxy groups -OCH3 is 1. The van der Waals surface area contributed by atoms with Crippen molar-refractivity contribution in [2.75, 3.05) is 12.4 Å². The summed E-state index contributed by atoms with van der Waals surface area (Å²) < 4.78 is 5.16. The second kappa shape index (κ2) is 7.92. The maximum Gasteiger partial charge on any atom is 0.246 e. The first-order valence-electron chi connectivity index (χ1n) is 8.81. The van der Waals surface area contributed by atoms with E-state index in [0.717, 1.165) is 11.3 Å². The zero-order chi connectivity index (χ0) is 19.4. The average molecular weight is 362 g/mol. The topological polar surface area (TPSA) is 86.5 Å². The summed E-state index contributed by atoms with van der Waals surface area (Å²) in [6.45, 7) is 4.27. The highest BCUT2D eigenvalue weighted by molar-refractivity contribution is 6.07. The summed E-state index contributed by atoms with van der Waals surface area (Å²) in [6, 6.07) is 16.7. The first kappa shape index (κ1) is 18.5. The van der Waals surface area contributed by atoms with Crippen molar-refractivity contribution in [3.8, 4) is 11.8 Å². The van der Waals surface area contributed by atoms with E-state index in [1.165, 1.54) is 5.56 Å². The molecule has 138 valence electrons. The zero-order valence-electron chi connectivity index (χ0n) is 15.6. The van der Waals surface area contributed by atoms with Gasteiger partial charge in [-0.15, -0.1) is 0 Å². The predicted octanol–water partition coefficient (Wildman–Crippen LogP) is 3.60. The van der Waals surface area contributed by atoms with E-state index in [2.05, 4.69) is 35.5 Å². The third kappa shape index (κ3) is 4.09. The molecule has 1 aliphatic heterocycles. The van der Waals surface area contributed by atoms with E-state index in [4.69, 9.17) is 4.74 Å². The molecule has 6 nitrogen and oxygen atoms in total. The minimum Gasteiger partial charge on any atom is -0.497 e. The average Bonchev–Trinajstić information content (AvgIpc) is 2.68. The number of carbonyl (C=O) groups excluding carboxylic acids is 1. The van der Waals surface area contributed by atoms with Crippen molar-refractivity contribution in [2.45, 2.75) is 25.8 Å². The number of carbonyl (C=O) groups is 1. The van der Waals surface area contributed by atoms with E-state index >= 15 is 0 Å². The zero-order valence-corrected chi connectivity index (χ0v) is 15.6. The van der Waals surface area contributed by atoms with Gasteiger partial charge in [0.15, 0.2) is 5.92 Å². The van der Waals surface area contributed by atoms with Crippen LogP contribution in [0.2, 0.25) is 0 Å². The Morgan fingerprint density at radius 1 is 1.15 bits per heavy atom. The number of nitrogens with one attached hydrogen (secondary N) is 2. The van der Waals surface area contributed by atoms with Gasteiger partial charge in [0.2, 0.25) is 11.9 Å². The van der Waals surface area contributed by atoms with E-state index in [0.29, 0.717) is 17.6 Å². The molecule has 6 heteroatoms. The molecule has 1 aliphatic rings. The molecule has 1 amide bonds. The fourth-order valence-corrected chi connectivity index (χ4v) is 2.93. The molecule has 2 aromatic rings. The molecule has 27 heavy (non-hydrogen) atoms. The van der Waals surface area contributed by atoms with Crippen LogP contribution in [0.1, 0.15) is 36.9 Å². The number of ether oxygens (including phenoxy) is 1. The van der Waals surface area contributed by atoms with E-state index in [-0.39, 0.29) is 5.91 Å². The number of nitriles is 1. The number of nitrogens with zero attached hydrogens (tertiary/aromatic N) is 2. The molecule has 0 saturated heterocycles. The number of guanidine groups is 1. The van der Waals surface area contributed by atoms with Gasteiger partial charge in [0.25, 0.3) is 0 Å². The molecule has 2 unspecified atom stereocenters. The van der Waals surface area contributed by atoms with Crippen molar-refractivity contribution in [2.24, 2.45) is 10.9 Å². The van der Waals surface area contributed by atoms with Gasteiger partial charge >= 0.3 is 0 Å². The van der Waals surface area contributed by atoms with Gasteiger partial charge < -0.3 is 10.1 Å². The van der Waals surface area contributed by atoms with Gasteiger partial charge in [0.05, 0.1) is 13.2 Å². The third-order valence-corrected chi connectivity index (χ3v) is 4.54. The van der Waals surface area contributed by atoms with E-state index < -0.39 is 12.0 Å². The van der Waals surface area contributed by atoms with Crippen LogP contribution in [0.3, 0.4) is 0 Å². The lowest BCUT2D eigenvalue weighted by atomic mass is 9.92. The Balaban J connectivity index is 1.87. The summed E-state index contributed by atoms with van der Waals surface area (Å²) in [5.74, 6) is 0.244. The molecule has 0 spiro atoms. The summed E-state index contributed by atoms with van der Waals surface area (Å²) in [4.78, 5) is 17.0. The fraction of sp³-hybridized carbons (Fsp3) is 0.286. The van der Waals surface area contributed by atoms with Crippen LogP contribution in [-0.2, 0) is 4.79 Å². The number of aliphatic imine (C=N–C) groups is 1. The van der Waals surface area contributed by atoms with Crippen LogP contribution in [0.4, 0.5) is 5.69 Å². The maximum atomic E-state index is 12.4. The van der Waals surface area contributed by atoms with Gasteiger partial charge in [-0.1, -0.05) is 38.1 Å². The monoisotopic (exact) mass is 362 g/mol. The Kier molecular flexibility index (Phi) is 5.41. The predicted molar refractivity (Wildman–Crippen MR) is 105 cm³/mol. The highest BCUT2D eigenvalue weighted by atomic mass is 16.5. The van der Waals surface area contributed by atoms with Crippen LogP contribution >= 0.6 is 0 Å². The van der Waals surface area contributed by atoms with Gasteiger partial charge in [0, 0.05) is 5.69 Å². The second-order valence-electron chi connectivity index (χ2n) is 6.69. The minimum absolute atomic E-state index is 0.338. The number of rotatable bonds is 4. The third-order valence-electron chi connectivity index (χ3n) is 4.54. The fourth-order valence-electron chi connectivity index (χ4n) is 2.93. The van der Waals surface area contributed by atoms with Crippen LogP contribution in [-0.4, -0.2) is 19.0 Å². The second-order valence-corrected chi connectivity index (χ2v) is 6.69. The van der Waals surface area contributed by atoms with Crippen LogP contribution in [0.15, 0.2) is 53.5 Å². The largest absolute Gasteiger partial charge is 0.497 e. The quantitative estimate of drug-likeness (QED) is 0.870. The lowest BCUT2D eigenvalue weighted by Crippen LogP contribution is -2.45. The van der Waals surface area contributed by atoms with Crippen LogP contribution in [0.25, 0.3) is 0 Å². The summed E-state index contributed by atoms with van der Waals surface area (Å²) in [7, 11) is 1.59. The van der Waals surface area contributed by atoms with Gasteiger partial charge in [-0.05, 0) is 41.3 Å². The highest BCUT2D eigenvalue weighted by Gasteiger charge is 2.34. The van der Waals surface area contributed by atoms with Crippen molar-refractivity contribution in [3.63, 3.8) is 0 Å². The van der Waals surface area contributed by atoms with Crippen LogP contribution in [0, 0.1) is 17.2 Å². The Morgan fingerprint density at radius 3 is 2.37 bits per heavy atom. The van der Waals surface area contributed by atoms with Gasteiger partial charge in [0.1, 0.15) is 11.8 Å². The van der Waals surface area contributed by atoms with Gasteiger partial charge in [-0.3, -0.25) is 10.1 Å². The van der Waals surface area contributed by atoms with Crippen molar-refractivity contribution >= 4 is 17.6 Å². The first-order valence-corrected chi connectivity index (χ1v) is 8.81. The molecule has 2 N–H and O–H groups in total. The molecule has 0 aromatic heterocycles. The van der Waals surface area contributed by atoms with Crippen molar-refractivity contribution in [3.05, 3.63) is 59.7 Å². The normalized spacial score (nSPS) is 19.1. The minimum atomic E-state index is -0.882. The number of benzene rings is 2. The first-order chi connectivity index (χ1) is 13.0. The summed E-state index contributed by atoms with van der Waals surface area (Å²) >= 11 is 0. The Labute approximate surface area is 158 Å². The number of hydrogen-bond donors (Lipinski definition) is 2. The van der Waals surface area contributed by atoms with Crippen LogP contribution < -0.4 is 15.4 Å². The van der Waals surface area contributed by atoms with Crippen molar-refractivity contribution in [1.29, 1.82) is 5.26 Å². The number of amides is 1. The molecular weight excluding hydrogens is 340 g/mol. The lowest BCUT2D eigenvalue weighted by Gasteiger charge is -2.26. The molecule has 0 saturated carbocycles. The molecule has 1 heterocycles. The summed E-state index contributed by atoms with van der Waals surface area (Å²) in [5.41, 5.74) is 2.84. The molecule has 0 bridgehead atoms.